The Hall–Kier alpha value is -2.08. The molecule has 2 heterocycles. The van der Waals surface area contributed by atoms with Gasteiger partial charge >= 0.3 is 5.69 Å². The molecule has 0 unspecified atom stereocenters. The number of aryl methyl sites for hydroxylation is 2. The normalized spacial score (nSPS) is 11.5. The van der Waals surface area contributed by atoms with Gasteiger partial charge < -0.3 is 0 Å². The lowest BCUT2D eigenvalue weighted by Gasteiger charge is -2.06. The highest BCUT2D eigenvalue weighted by Crippen LogP contribution is 2.10. The molecule has 2 aromatic heterocycles. The predicted molar refractivity (Wildman–Crippen MR) is 82.2 cm³/mol. The quantitative estimate of drug-likeness (QED) is 0.686. The largest absolute Gasteiger partial charge is 0.352 e. The lowest BCUT2D eigenvalue weighted by atomic mass is 10.2. The van der Waals surface area contributed by atoms with Crippen LogP contribution in [0.4, 0.5) is 0 Å². The predicted octanol–water partition coefficient (Wildman–Crippen LogP) is 1.46. The standard InChI is InChI=1S/C14H15ClN4O2/c1-2-17-12(20)10-6-3-4-7-11(10)19-13(17)16-18(14(19)21)9-5-8-15/h3-4,6-7H,2,5,8-9H2,1H3. The molecule has 0 aliphatic heterocycles. The van der Waals surface area contributed by atoms with Gasteiger partial charge in [0, 0.05) is 19.0 Å². The molecule has 0 atom stereocenters. The molecule has 0 aliphatic rings. The average Bonchev–Trinajstić information content (AvgIpc) is 2.83. The molecule has 21 heavy (non-hydrogen) atoms. The van der Waals surface area contributed by atoms with Crippen LogP contribution in [-0.2, 0) is 13.1 Å². The molecule has 1 aromatic carbocycles. The summed E-state index contributed by atoms with van der Waals surface area (Å²) < 4.78 is 4.38. The van der Waals surface area contributed by atoms with E-state index in [2.05, 4.69) is 5.10 Å². The number of alkyl halides is 1. The second-order valence-electron chi connectivity index (χ2n) is 4.75. The molecule has 6 nitrogen and oxygen atoms in total. The van der Waals surface area contributed by atoms with E-state index >= 15 is 0 Å². The van der Waals surface area contributed by atoms with Crippen LogP contribution in [0.2, 0.25) is 0 Å². The van der Waals surface area contributed by atoms with E-state index in [9.17, 15) is 9.59 Å². The third-order valence-corrected chi connectivity index (χ3v) is 3.77. The Morgan fingerprint density at radius 3 is 2.71 bits per heavy atom. The highest BCUT2D eigenvalue weighted by atomic mass is 35.5. The zero-order chi connectivity index (χ0) is 15.0. The van der Waals surface area contributed by atoms with Gasteiger partial charge in [-0.1, -0.05) is 12.1 Å². The maximum Gasteiger partial charge on any atom is 0.352 e. The summed E-state index contributed by atoms with van der Waals surface area (Å²) in [4.78, 5) is 25.0. The Bertz CT molecular complexity index is 922. The molecule has 0 fully saturated rings. The Kier molecular flexibility index (Phi) is 3.55. The third kappa shape index (κ3) is 2.06. The Balaban J connectivity index is 2.47. The minimum absolute atomic E-state index is 0.130. The summed E-state index contributed by atoms with van der Waals surface area (Å²) in [6.45, 7) is 2.76. The van der Waals surface area contributed by atoms with Crippen molar-refractivity contribution >= 4 is 28.3 Å². The molecule has 3 aromatic rings. The number of hydrogen-bond donors (Lipinski definition) is 0. The summed E-state index contributed by atoms with van der Waals surface area (Å²) in [7, 11) is 0. The van der Waals surface area contributed by atoms with E-state index in [0.717, 1.165) is 0 Å². The molecule has 7 heteroatoms. The summed E-state index contributed by atoms with van der Waals surface area (Å²) in [5.74, 6) is 0.836. The topological polar surface area (TPSA) is 61.3 Å². The monoisotopic (exact) mass is 306 g/mol. The van der Waals surface area contributed by atoms with Gasteiger partial charge in [0.2, 0.25) is 5.78 Å². The van der Waals surface area contributed by atoms with Gasteiger partial charge in [-0.3, -0.25) is 9.36 Å². The lowest BCUT2D eigenvalue weighted by molar-refractivity contribution is 0.582. The van der Waals surface area contributed by atoms with Crippen LogP contribution in [-0.4, -0.2) is 24.6 Å². The van der Waals surface area contributed by atoms with Crippen molar-refractivity contribution in [2.24, 2.45) is 0 Å². The number of aromatic nitrogens is 4. The SMILES string of the molecule is CCn1c(=O)c2ccccc2n2c(=O)n(CCCCl)nc12. The summed E-state index contributed by atoms with van der Waals surface area (Å²) in [6.07, 6.45) is 0.652. The number of hydrogen-bond acceptors (Lipinski definition) is 3. The van der Waals surface area contributed by atoms with Crippen LogP contribution >= 0.6 is 11.6 Å². The van der Waals surface area contributed by atoms with Crippen molar-refractivity contribution < 1.29 is 0 Å². The maximum atomic E-state index is 12.5. The highest BCUT2D eigenvalue weighted by Gasteiger charge is 2.15. The third-order valence-electron chi connectivity index (χ3n) is 3.50. The van der Waals surface area contributed by atoms with Crippen molar-refractivity contribution in [1.82, 2.24) is 18.7 Å². The molecule has 3 rings (SSSR count). The average molecular weight is 307 g/mol. The maximum absolute atomic E-state index is 12.5. The van der Waals surface area contributed by atoms with E-state index in [1.165, 1.54) is 13.6 Å². The van der Waals surface area contributed by atoms with Crippen molar-refractivity contribution in [3.8, 4) is 0 Å². The van der Waals surface area contributed by atoms with Gasteiger partial charge in [0.15, 0.2) is 0 Å². The number of para-hydroxylation sites is 1. The molecule has 0 aliphatic carbocycles. The first-order valence-electron chi connectivity index (χ1n) is 6.86. The number of nitrogens with zero attached hydrogens (tertiary/aromatic N) is 4. The molecule has 0 saturated heterocycles. The van der Waals surface area contributed by atoms with Crippen LogP contribution in [0.1, 0.15) is 13.3 Å². The summed E-state index contributed by atoms with van der Waals surface area (Å²) in [5, 5.41) is 4.82. The van der Waals surface area contributed by atoms with Crippen LogP contribution in [0, 0.1) is 0 Å². The minimum Gasteiger partial charge on any atom is -0.277 e. The van der Waals surface area contributed by atoms with E-state index in [0.29, 0.717) is 42.1 Å². The van der Waals surface area contributed by atoms with Gasteiger partial charge in [0.05, 0.1) is 10.9 Å². The molecule has 0 spiro atoms. The first-order valence-corrected chi connectivity index (χ1v) is 7.39. The van der Waals surface area contributed by atoms with Crippen LogP contribution in [0.25, 0.3) is 16.7 Å². The fourth-order valence-electron chi connectivity index (χ4n) is 2.51. The fourth-order valence-corrected chi connectivity index (χ4v) is 2.63. The van der Waals surface area contributed by atoms with Crippen molar-refractivity contribution in [2.45, 2.75) is 26.4 Å². The van der Waals surface area contributed by atoms with Gasteiger partial charge in [-0.05, 0) is 25.5 Å². The smallest absolute Gasteiger partial charge is 0.277 e. The summed E-state index contributed by atoms with van der Waals surface area (Å²) >= 11 is 5.68. The summed E-state index contributed by atoms with van der Waals surface area (Å²) in [6, 6.07) is 7.09. The molecular formula is C14H15ClN4O2. The summed E-state index contributed by atoms with van der Waals surface area (Å²) in [5.41, 5.74) is 0.216. The van der Waals surface area contributed by atoms with Crippen molar-refractivity contribution in [3.05, 3.63) is 45.1 Å². The number of halogens is 1. The fraction of sp³-hybridized carbons (Fsp3) is 0.357. The first-order chi connectivity index (χ1) is 10.2. The van der Waals surface area contributed by atoms with Crippen molar-refractivity contribution in [1.29, 1.82) is 0 Å². The van der Waals surface area contributed by atoms with Crippen LogP contribution in [0.3, 0.4) is 0 Å². The second-order valence-corrected chi connectivity index (χ2v) is 5.13. The van der Waals surface area contributed by atoms with Crippen LogP contribution in [0.5, 0.6) is 0 Å². The number of benzene rings is 1. The van der Waals surface area contributed by atoms with E-state index in [-0.39, 0.29) is 11.2 Å². The molecular weight excluding hydrogens is 292 g/mol. The zero-order valence-electron chi connectivity index (χ0n) is 11.6. The molecule has 0 radical (unpaired) electrons. The van der Waals surface area contributed by atoms with Gasteiger partial charge in [-0.15, -0.1) is 16.7 Å². The minimum atomic E-state index is -0.242. The molecule has 0 amide bonds. The first kappa shape index (κ1) is 13.9. The zero-order valence-corrected chi connectivity index (χ0v) is 12.4. The van der Waals surface area contributed by atoms with Gasteiger partial charge in [-0.2, -0.15) is 0 Å². The van der Waals surface area contributed by atoms with Crippen molar-refractivity contribution in [2.75, 3.05) is 5.88 Å². The van der Waals surface area contributed by atoms with E-state index < -0.39 is 0 Å². The van der Waals surface area contributed by atoms with E-state index in [1.54, 1.807) is 24.3 Å². The Labute approximate surface area is 125 Å². The van der Waals surface area contributed by atoms with Gasteiger partial charge in [-0.25, -0.2) is 13.9 Å². The van der Waals surface area contributed by atoms with Crippen molar-refractivity contribution in [3.63, 3.8) is 0 Å². The Morgan fingerprint density at radius 2 is 2.00 bits per heavy atom. The van der Waals surface area contributed by atoms with Crippen LogP contribution < -0.4 is 11.2 Å². The van der Waals surface area contributed by atoms with Gasteiger partial charge in [0.25, 0.3) is 5.56 Å². The van der Waals surface area contributed by atoms with Gasteiger partial charge in [0.1, 0.15) is 0 Å². The number of fused-ring (bicyclic) bond motifs is 3. The van der Waals surface area contributed by atoms with E-state index in [1.807, 2.05) is 6.92 Å². The Morgan fingerprint density at radius 1 is 1.24 bits per heavy atom. The molecule has 0 bridgehead atoms. The second kappa shape index (κ2) is 5.37. The molecule has 0 N–H and O–H groups in total. The number of rotatable bonds is 4. The molecule has 0 saturated carbocycles. The highest BCUT2D eigenvalue weighted by molar-refractivity contribution is 6.17. The van der Waals surface area contributed by atoms with Crippen LogP contribution in [0.15, 0.2) is 33.9 Å². The molecule has 110 valence electrons. The van der Waals surface area contributed by atoms with E-state index in [4.69, 9.17) is 11.6 Å². The lowest BCUT2D eigenvalue weighted by Crippen LogP contribution is -2.26.